The molecule has 1 aliphatic carbocycles. The van der Waals surface area contributed by atoms with Gasteiger partial charge in [0, 0.05) is 11.9 Å². The van der Waals surface area contributed by atoms with Crippen LogP contribution in [0.5, 0.6) is 0 Å². The van der Waals surface area contributed by atoms with E-state index in [1.807, 2.05) is 47.8 Å². The fourth-order valence-corrected chi connectivity index (χ4v) is 3.25. The van der Waals surface area contributed by atoms with Crippen LogP contribution in [-0.4, -0.2) is 17.4 Å². The van der Waals surface area contributed by atoms with E-state index in [2.05, 4.69) is 5.32 Å². The number of carbonyl (C=O) groups excluding carboxylic acids is 1. The number of pyridine rings is 1. The minimum atomic E-state index is 0.00306. The molecule has 3 aromatic rings. The summed E-state index contributed by atoms with van der Waals surface area (Å²) in [6.07, 6.45) is 2.47. The second kappa shape index (κ2) is 5.54. The quantitative estimate of drug-likeness (QED) is 0.788. The summed E-state index contributed by atoms with van der Waals surface area (Å²) >= 11 is 1.64. The van der Waals surface area contributed by atoms with Crippen LogP contribution in [0.4, 0.5) is 0 Å². The molecule has 1 N–H and O–H groups in total. The van der Waals surface area contributed by atoms with Crippen LogP contribution in [0.3, 0.4) is 0 Å². The Morgan fingerprint density at radius 3 is 2.86 bits per heavy atom. The standard InChI is InChI=1S/C18H16N2OS/c21-18(19-11-12-7-8-12)14-10-16(17-6-3-9-22-17)20-15-5-2-1-4-13(14)15/h1-6,9-10,12H,7-8,11H2,(H,19,21). The van der Waals surface area contributed by atoms with E-state index >= 15 is 0 Å². The van der Waals surface area contributed by atoms with Crippen molar-refractivity contribution >= 4 is 28.1 Å². The molecule has 1 fully saturated rings. The van der Waals surface area contributed by atoms with Crippen molar-refractivity contribution in [3.63, 3.8) is 0 Å². The number of benzene rings is 1. The van der Waals surface area contributed by atoms with Gasteiger partial charge in [-0.15, -0.1) is 11.3 Å². The van der Waals surface area contributed by atoms with Gasteiger partial charge < -0.3 is 5.32 Å². The van der Waals surface area contributed by atoms with Gasteiger partial charge >= 0.3 is 0 Å². The SMILES string of the molecule is O=C(NCC1CC1)c1cc(-c2cccs2)nc2ccccc12. The van der Waals surface area contributed by atoms with E-state index in [1.165, 1.54) is 12.8 Å². The number of hydrogen-bond acceptors (Lipinski definition) is 3. The Morgan fingerprint density at radius 2 is 2.09 bits per heavy atom. The first-order valence-electron chi connectivity index (χ1n) is 7.53. The Bertz CT molecular complexity index is 822. The van der Waals surface area contributed by atoms with E-state index in [1.54, 1.807) is 11.3 Å². The van der Waals surface area contributed by atoms with E-state index < -0.39 is 0 Å². The van der Waals surface area contributed by atoms with Gasteiger partial charge in [0.25, 0.3) is 5.91 Å². The maximum Gasteiger partial charge on any atom is 0.252 e. The average molecular weight is 308 g/mol. The maximum atomic E-state index is 12.6. The van der Waals surface area contributed by atoms with Crippen molar-refractivity contribution in [3.8, 4) is 10.6 Å². The number of amides is 1. The third kappa shape index (κ3) is 2.62. The molecule has 1 saturated carbocycles. The number of carbonyl (C=O) groups is 1. The number of nitrogens with zero attached hydrogens (tertiary/aromatic N) is 1. The molecule has 110 valence electrons. The molecule has 2 aromatic heterocycles. The lowest BCUT2D eigenvalue weighted by Gasteiger charge is -2.09. The molecule has 22 heavy (non-hydrogen) atoms. The fraction of sp³-hybridized carbons (Fsp3) is 0.222. The molecular formula is C18H16N2OS. The molecule has 4 rings (SSSR count). The first-order chi connectivity index (χ1) is 10.8. The summed E-state index contributed by atoms with van der Waals surface area (Å²) in [7, 11) is 0. The Balaban J connectivity index is 1.78. The zero-order chi connectivity index (χ0) is 14.9. The van der Waals surface area contributed by atoms with Gasteiger partial charge in [0.05, 0.1) is 21.7 Å². The van der Waals surface area contributed by atoms with E-state index in [0.29, 0.717) is 5.92 Å². The zero-order valence-electron chi connectivity index (χ0n) is 12.1. The first kappa shape index (κ1) is 13.5. The van der Waals surface area contributed by atoms with Gasteiger partial charge in [0.15, 0.2) is 0 Å². The highest BCUT2D eigenvalue weighted by molar-refractivity contribution is 7.13. The van der Waals surface area contributed by atoms with Crippen LogP contribution in [0.2, 0.25) is 0 Å². The Labute approximate surface area is 133 Å². The molecule has 0 aliphatic heterocycles. The lowest BCUT2D eigenvalue weighted by atomic mass is 10.1. The van der Waals surface area contributed by atoms with Crippen LogP contribution in [0.1, 0.15) is 23.2 Å². The van der Waals surface area contributed by atoms with Gasteiger partial charge in [-0.05, 0) is 42.3 Å². The van der Waals surface area contributed by atoms with Crippen molar-refractivity contribution in [2.75, 3.05) is 6.54 Å². The summed E-state index contributed by atoms with van der Waals surface area (Å²) in [5.74, 6) is 0.678. The van der Waals surface area contributed by atoms with Gasteiger partial charge in [-0.1, -0.05) is 24.3 Å². The van der Waals surface area contributed by atoms with Gasteiger partial charge in [0.1, 0.15) is 0 Å². The van der Waals surface area contributed by atoms with Crippen LogP contribution in [0.25, 0.3) is 21.5 Å². The van der Waals surface area contributed by atoms with Gasteiger partial charge in [-0.3, -0.25) is 4.79 Å². The number of para-hydroxylation sites is 1. The van der Waals surface area contributed by atoms with E-state index in [9.17, 15) is 4.79 Å². The van der Waals surface area contributed by atoms with Crippen molar-refractivity contribution in [1.29, 1.82) is 0 Å². The Kier molecular flexibility index (Phi) is 3.39. The number of aromatic nitrogens is 1. The molecule has 0 spiro atoms. The van der Waals surface area contributed by atoms with Crippen molar-refractivity contribution in [1.82, 2.24) is 10.3 Å². The van der Waals surface area contributed by atoms with Crippen molar-refractivity contribution in [2.45, 2.75) is 12.8 Å². The van der Waals surface area contributed by atoms with Crippen LogP contribution in [0, 0.1) is 5.92 Å². The lowest BCUT2D eigenvalue weighted by molar-refractivity contribution is 0.0953. The van der Waals surface area contributed by atoms with Crippen molar-refractivity contribution in [3.05, 3.63) is 53.4 Å². The van der Waals surface area contributed by atoms with Crippen LogP contribution in [0.15, 0.2) is 47.8 Å². The second-order valence-electron chi connectivity index (χ2n) is 5.70. The molecule has 0 atom stereocenters. The van der Waals surface area contributed by atoms with E-state index in [4.69, 9.17) is 4.98 Å². The summed E-state index contributed by atoms with van der Waals surface area (Å²) in [5.41, 5.74) is 2.45. The molecule has 0 saturated heterocycles. The summed E-state index contributed by atoms with van der Waals surface area (Å²) in [5, 5.41) is 6.00. The van der Waals surface area contributed by atoms with E-state index in [-0.39, 0.29) is 5.91 Å². The van der Waals surface area contributed by atoms with Crippen molar-refractivity contribution in [2.24, 2.45) is 5.92 Å². The monoisotopic (exact) mass is 308 g/mol. The fourth-order valence-electron chi connectivity index (χ4n) is 2.57. The number of rotatable bonds is 4. The summed E-state index contributed by atoms with van der Waals surface area (Å²) in [4.78, 5) is 18.4. The number of hydrogen-bond donors (Lipinski definition) is 1. The molecule has 4 heteroatoms. The summed E-state index contributed by atoms with van der Waals surface area (Å²) in [6.45, 7) is 0.782. The summed E-state index contributed by atoms with van der Waals surface area (Å²) < 4.78 is 0. The molecule has 1 amide bonds. The van der Waals surface area contributed by atoms with Gasteiger partial charge in [0.2, 0.25) is 0 Å². The summed E-state index contributed by atoms with van der Waals surface area (Å²) in [6, 6.07) is 13.8. The van der Waals surface area contributed by atoms with E-state index in [0.717, 1.165) is 33.6 Å². The minimum Gasteiger partial charge on any atom is -0.352 e. The topological polar surface area (TPSA) is 42.0 Å². The predicted molar refractivity (Wildman–Crippen MR) is 90.1 cm³/mol. The number of fused-ring (bicyclic) bond motifs is 1. The Morgan fingerprint density at radius 1 is 1.23 bits per heavy atom. The molecule has 0 radical (unpaired) electrons. The predicted octanol–water partition coefficient (Wildman–Crippen LogP) is 4.10. The highest BCUT2D eigenvalue weighted by atomic mass is 32.1. The smallest absolute Gasteiger partial charge is 0.252 e. The molecule has 0 unspecified atom stereocenters. The van der Waals surface area contributed by atoms with Crippen LogP contribution < -0.4 is 5.32 Å². The minimum absolute atomic E-state index is 0.00306. The normalized spacial score (nSPS) is 14.2. The third-order valence-electron chi connectivity index (χ3n) is 3.98. The highest BCUT2D eigenvalue weighted by Crippen LogP contribution is 2.29. The largest absolute Gasteiger partial charge is 0.352 e. The third-order valence-corrected chi connectivity index (χ3v) is 4.88. The Hall–Kier alpha value is -2.20. The highest BCUT2D eigenvalue weighted by Gasteiger charge is 2.22. The van der Waals surface area contributed by atoms with Gasteiger partial charge in [-0.2, -0.15) is 0 Å². The van der Waals surface area contributed by atoms with Crippen LogP contribution >= 0.6 is 11.3 Å². The molecule has 1 aromatic carbocycles. The molecule has 3 nitrogen and oxygen atoms in total. The lowest BCUT2D eigenvalue weighted by Crippen LogP contribution is -2.25. The molecule has 2 heterocycles. The first-order valence-corrected chi connectivity index (χ1v) is 8.41. The second-order valence-corrected chi connectivity index (χ2v) is 6.65. The maximum absolute atomic E-state index is 12.6. The molecular weight excluding hydrogens is 292 g/mol. The molecule has 1 aliphatic rings. The molecule has 0 bridgehead atoms. The zero-order valence-corrected chi connectivity index (χ0v) is 12.9. The van der Waals surface area contributed by atoms with Crippen LogP contribution in [-0.2, 0) is 0 Å². The number of thiophene rings is 1. The number of nitrogens with one attached hydrogen (secondary N) is 1. The average Bonchev–Trinajstić information content (AvgIpc) is 3.22. The van der Waals surface area contributed by atoms with Crippen molar-refractivity contribution < 1.29 is 4.79 Å². The van der Waals surface area contributed by atoms with Gasteiger partial charge in [-0.25, -0.2) is 4.98 Å².